The van der Waals surface area contributed by atoms with Gasteiger partial charge >= 0.3 is 0 Å². The van der Waals surface area contributed by atoms with Crippen LogP contribution in [0.25, 0.3) is 0 Å². The van der Waals surface area contributed by atoms with Crippen LogP contribution in [0.5, 0.6) is 11.5 Å². The van der Waals surface area contributed by atoms with Gasteiger partial charge in [0, 0.05) is 22.2 Å². The van der Waals surface area contributed by atoms with E-state index in [4.69, 9.17) is 32.7 Å². The summed E-state index contributed by atoms with van der Waals surface area (Å²) in [4.78, 5) is 2.18. The third-order valence-electron chi connectivity index (χ3n) is 3.91. The summed E-state index contributed by atoms with van der Waals surface area (Å²) in [5.74, 6) is 1.40. The highest BCUT2D eigenvalue weighted by Gasteiger charge is 2.08. The number of nitrogens with zero attached hydrogens (tertiary/aromatic N) is 1. The third kappa shape index (κ3) is 9.08. The molecule has 0 atom stereocenters. The van der Waals surface area contributed by atoms with Crippen molar-refractivity contribution in [2.24, 2.45) is 0 Å². The lowest BCUT2D eigenvalue weighted by molar-refractivity contribution is 0.284. The summed E-state index contributed by atoms with van der Waals surface area (Å²) in [5.41, 5.74) is 2.04. The average molecular weight is 470 g/mol. The highest BCUT2D eigenvalue weighted by Crippen LogP contribution is 2.30. The smallest absolute Gasteiger partial charge is 0.161 e. The molecule has 0 bridgehead atoms. The first kappa shape index (κ1) is 27.1. The van der Waals surface area contributed by atoms with Crippen molar-refractivity contribution in [3.05, 3.63) is 57.6 Å². The summed E-state index contributed by atoms with van der Waals surface area (Å²) in [5, 5.41) is 4.65. The standard InChI is InChI=1S/C20H26Cl2N2O2.2ClH/c1-24(2)10-4-9-23-13-15-5-8-19(20(11-15)25-3)26-14-16-6-7-17(21)12-18(16)22;;/h5-8,11-12,23H,4,9-10,13-14H2,1-3H3;2*1H. The van der Waals surface area contributed by atoms with Crippen LogP contribution in [0, 0.1) is 0 Å². The monoisotopic (exact) mass is 468 g/mol. The number of hydrogen-bond donors (Lipinski definition) is 1. The second kappa shape index (κ2) is 14.2. The molecule has 0 aliphatic heterocycles. The SMILES string of the molecule is COc1cc(CNCCCN(C)C)ccc1OCc1ccc(Cl)cc1Cl.Cl.Cl. The van der Waals surface area contributed by atoms with Gasteiger partial charge in [-0.05, 0) is 63.4 Å². The van der Waals surface area contributed by atoms with E-state index in [9.17, 15) is 0 Å². The van der Waals surface area contributed by atoms with Crippen LogP contribution in [-0.2, 0) is 13.2 Å². The Balaban J connectivity index is 0.00000364. The predicted molar refractivity (Wildman–Crippen MR) is 123 cm³/mol. The van der Waals surface area contributed by atoms with Crippen LogP contribution in [0.2, 0.25) is 10.0 Å². The van der Waals surface area contributed by atoms with E-state index in [1.165, 1.54) is 0 Å². The van der Waals surface area contributed by atoms with E-state index in [0.717, 1.165) is 37.2 Å². The summed E-state index contributed by atoms with van der Waals surface area (Å²) >= 11 is 12.1. The number of methoxy groups -OCH3 is 1. The van der Waals surface area contributed by atoms with E-state index < -0.39 is 0 Å². The Morgan fingerprint density at radius 1 is 1.00 bits per heavy atom. The molecule has 0 unspecified atom stereocenters. The summed E-state index contributed by atoms with van der Waals surface area (Å²) < 4.78 is 11.3. The van der Waals surface area contributed by atoms with Gasteiger partial charge in [-0.2, -0.15) is 0 Å². The van der Waals surface area contributed by atoms with Gasteiger partial charge < -0.3 is 19.7 Å². The largest absolute Gasteiger partial charge is 0.493 e. The molecular weight excluding hydrogens is 442 g/mol. The molecule has 0 aliphatic rings. The topological polar surface area (TPSA) is 33.7 Å². The molecule has 0 saturated heterocycles. The Morgan fingerprint density at radius 2 is 1.75 bits per heavy atom. The minimum atomic E-state index is 0. The fourth-order valence-electron chi connectivity index (χ4n) is 2.49. The Kier molecular flexibility index (Phi) is 13.7. The van der Waals surface area contributed by atoms with Crippen molar-refractivity contribution in [1.82, 2.24) is 10.2 Å². The quantitative estimate of drug-likeness (QED) is 0.468. The van der Waals surface area contributed by atoms with Gasteiger partial charge in [-0.1, -0.05) is 35.3 Å². The van der Waals surface area contributed by atoms with Crippen molar-refractivity contribution in [3.63, 3.8) is 0 Å². The molecule has 0 spiro atoms. The molecule has 2 rings (SSSR count). The molecule has 2 aromatic carbocycles. The lowest BCUT2D eigenvalue weighted by Crippen LogP contribution is -2.21. The Labute approximate surface area is 190 Å². The van der Waals surface area contributed by atoms with E-state index in [2.05, 4.69) is 24.3 Å². The van der Waals surface area contributed by atoms with E-state index in [0.29, 0.717) is 28.2 Å². The lowest BCUT2D eigenvalue weighted by atomic mass is 10.2. The molecule has 2 aromatic rings. The Bertz CT molecular complexity index is 715. The fraction of sp³-hybridized carbons (Fsp3) is 0.400. The van der Waals surface area contributed by atoms with Gasteiger partial charge in [-0.15, -0.1) is 24.8 Å². The number of nitrogens with one attached hydrogen (secondary N) is 1. The van der Waals surface area contributed by atoms with Crippen molar-refractivity contribution < 1.29 is 9.47 Å². The molecule has 0 saturated carbocycles. The van der Waals surface area contributed by atoms with Gasteiger partial charge in [-0.25, -0.2) is 0 Å². The molecule has 0 radical (unpaired) electrons. The van der Waals surface area contributed by atoms with Crippen molar-refractivity contribution in [3.8, 4) is 11.5 Å². The summed E-state index contributed by atoms with van der Waals surface area (Å²) in [6.07, 6.45) is 1.12. The van der Waals surface area contributed by atoms with Gasteiger partial charge in [0.05, 0.1) is 7.11 Å². The van der Waals surface area contributed by atoms with Gasteiger partial charge in [-0.3, -0.25) is 0 Å². The van der Waals surface area contributed by atoms with E-state index >= 15 is 0 Å². The minimum absolute atomic E-state index is 0. The summed E-state index contributed by atoms with van der Waals surface area (Å²) in [6.45, 7) is 3.21. The van der Waals surface area contributed by atoms with Crippen molar-refractivity contribution >= 4 is 48.0 Å². The number of ether oxygens (including phenoxy) is 2. The van der Waals surface area contributed by atoms with Crippen molar-refractivity contribution in [2.75, 3.05) is 34.3 Å². The van der Waals surface area contributed by atoms with Gasteiger partial charge in [0.25, 0.3) is 0 Å². The van der Waals surface area contributed by atoms with E-state index in [1.54, 1.807) is 19.2 Å². The van der Waals surface area contributed by atoms with Gasteiger partial charge in [0.1, 0.15) is 6.61 Å². The molecule has 0 aliphatic carbocycles. The first-order valence-corrected chi connectivity index (χ1v) is 9.34. The molecule has 158 valence electrons. The van der Waals surface area contributed by atoms with Crippen molar-refractivity contribution in [1.29, 1.82) is 0 Å². The van der Waals surface area contributed by atoms with Crippen molar-refractivity contribution in [2.45, 2.75) is 19.6 Å². The van der Waals surface area contributed by atoms with Crippen LogP contribution in [0.3, 0.4) is 0 Å². The first-order chi connectivity index (χ1) is 12.5. The molecule has 4 nitrogen and oxygen atoms in total. The maximum absolute atomic E-state index is 6.19. The van der Waals surface area contributed by atoms with Crippen LogP contribution < -0.4 is 14.8 Å². The minimum Gasteiger partial charge on any atom is -0.493 e. The lowest BCUT2D eigenvalue weighted by Gasteiger charge is -2.14. The zero-order valence-corrected chi connectivity index (χ0v) is 19.5. The highest BCUT2D eigenvalue weighted by molar-refractivity contribution is 6.35. The van der Waals surface area contributed by atoms with Crippen LogP contribution >= 0.6 is 48.0 Å². The Morgan fingerprint density at radius 3 is 2.39 bits per heavy atom. The zero-order chi connectivity index (χ0) is 18.9. The summed E-state index contributed by atoms with van der Waals surface area (Å²) in [7, 11) is 5.81. The number of hydrogen-bond acceptors (Lipinski definition) is 4. The fourth-order valence-corrected chi connectivity index (χ4v) is 2.95. The average Bonchev–Trinajstić information content (AvgIpc) is 2.61. The zero-order valence-electron chi connectivity index (χ0n) is 16.3. The highest BCUT2D eigenvalue weighted by atomic mass is 35.5. The first-order valence-electron chi connectivity index (χ1n) is 8.58. The maximum atomic E-state index is 6.19. The van der Waals surface area contributed by atoms with Gasteiger partial charge in [0.15, 0.2) is 11.5 Å². The molecule has 0 fully saturated rings. The number of benzene rings is 2. The van der Waals surface area contributed by atoms with E-state index in [-0.39, 0.29) is 24.8 Å². The number of halogens is 4. The third-order valence-corrected chi connectivity index (χ3v) is 4.50. The molecule has 28 heavy (non-hydrogen) atoms. The molecule has 1 N–H and O–H groups in total. The second-order valence-corrected chi connectivity index (χ2v) is 7.19. The molecule has 0 aromatic heterocycles. The van der Waals surface area contributed by atoms with Crippen LogP contribution in [0.15, 0.2) is 36.4 Å². The number of rotatable bonds is 10. The van der Waals surface area contributed by atoms with Crippen LogP contribution in [-0.4, -0.2) is 39.2 Å². The van der Waals surface area contributed by atoms with Gasteiger partial charge in [0.2, 0.25) is 0 Å². The van der Waals surface area contributed by atoms with Crippen LogP contribution in [0.4, 0.5) is 0 Å². The Hall–Kier alpha value is -0.880. The predicted octanol–water partition coefficient (Wildman–Crippen LogP) is 5.47. The second-order valence-electron chi connectivity index (χ2n) is 6.34. The molecular formula is C20H28Cl4N2O2. The normalized spacial score (nSPS) is 10.2. The molecule has 0 heterocycles. The van der Waals surface area contributed by atoms with E-state index in [1.807, 2.05) is 24.3 Å². The van der Waals surface area contributed by atoms with Crippen LogP contribution in [0.1, 0.15) is 17.5 Å². The molecule has 0 amide bonds. The summed E-state index contributed by atoms with van der Waals surface area (Å²) in [6, 6.07) is 11.3. The maximum Gasteiger partial charge on any atom is 0.161 e. The molecule has 8 heteroatoms.